The van der Waals surface area contributed by atoms with E-state index in [4.69, 9.17) is 16.7 Å². The fourth-order valence-corrected chi connectivity index (χ4v) is 3.19. The van der Waals surface area contributed by atoms with Crippen molar-refractivity contribution >= 4 is 29.4 Å². The van der Waals surface area contributed by atoms with Crippen LogP contribution in [-0.4, -0.2) is 21.4 Å². The Labute approximate surface area is 185 Å². The summed E-state index contributed by atoms with van der Waals surface area (Å²) in [4.78, 5) is 36.2. The molecule has 1 heterocycles. The lowest BCUT2D eigenvalue weighted by Gasteiger charge is -2.16. The highest BCUT2D eigenvalue weighted by molar-refractivity contribution is 6.30. The summed E-state index contributed by atoms with van der Waals surface area (Å²) in [7, 11) is 1.43. The van der Waals surface area contributed by atoms with Crippen molar-refractivity contribution in [1.82, 2.24) is 4.57 Å². The van der Waals surface area contributed by atoms with Gasteiger partial charge < -0.3 is 9.67 Å². The maximum absolute atomic E-state index is 13.4. The number of rotatable bonds is 5. The molecule has 0 atom stereocenters. The zero-order valence-electron chi connectivity index (χ0n) is 16.5. The van der Waals surface area contributed by atoms with E-state index in [-0.39, 0.29) is 27.8 Å². The number of ketones is 1. The van der Waals surface area contributed by atoms with Gasteiger partial charge in [-0.05, 0) is 53.6 Å². The first kappa shape index (κ1) is 23.0. The molecule has 0 aliphatic rings. The van der Waals surface area contributed by atoms with Gasteiger partial charge in [0.15, 0.2) is 5.78 Å². The predicted octanol–water partition coefficient (Wildman–Crippen LogP) is 5.05. The molecule has 0 amide bonds. The van der Waals surface area contributed by atoms with Crippen LogP contribution in [-0.2, 0) is 18.0 Å². The number of hydrogen-bond acceptors (Lipinski definition) is 3. The first-order valence-electron chi connectivity index (χ1n) is 9.11. The Kier molecular flexibility index (Phi) is 6.36. The summed E-state index contributed by atoms with van der Waals surface area (Å²) in [5.41, 5.74) is -1.16. The van der Waals surface area contributed by atoms with E-state index in [1.54, 1.807) is 0 Å². The van der Waals surface area contributed by atoms with Crippen LogP contribution in [0.15, 0.2) is 65.6 Å². The first-order valence-corrected chi connectivity index (χ1v) is 9.49. The van der Waals surface area contributed by atoms with Crippen LogP contribution in [0.5, 0.6) is 0 Å². The number of carbonyl (C=O) groups excluding carboxylic acids is 1. The van der Waals surface area contributed by atoms with Crippen LogP contribution in [0.2, 0.25) is 5.02 Å². The molecule has 0 spiro atoms. The summed E-state index contributed by atoms with van der Waals surface area (Å²) in [5.74, 6) is -1.97. The Bertz CT molecular complexity index is 1290. The lowest BCUT2D eigenvalue weighted by molar-refractivity contribution is -0.137. The second-order valence-corrected chi connectivity index (χ2v) is 7.29. The lowest BCUT2D eigenvalue weighted by Crippen LogP contribution is -2.16. The quantitative estimate of drug-likeness (QED) is 0.426. The van der Waals surface area contributed by atoms with E-state index >= 15 is 0 Å². The van der Waals surface area contributed by atoms with Crippen molar-refractivity contribution in [2.75, 3.05) is 0 Å². The first-order chi connectivity index (χ1) is 15.0. The number of halogens is 4. The predicted molar refractivity (Wildman–Crippen MR) is 114 cm³/mol. The Hall–Kier alpha value is -3.65. The van der Waals surface area contributed by atoms with Gasteiger partial charge in [0.25, 0.3) is 5.56 Å². The molecule has 2 aromatic carbocycles. The topological polar surface area (TPSA) is 76.4 Å². The number of carboxylic acid groups (broad SMARTS) is 1. The number of pyridine rings is 1. The molecule has 0 aliphatic carbocycles. The number of benzene rings is 2. The number of alkyl halides is 3. The molecule has 0 unspecified atom stereocenters. The number of nitrogens with zero attached hydrogens (tertiary/aromatic N) is 1. The van der Waals surface area contributed by atoms with Gasteiger partial charge in [0.1, 0.15) is 0 Å². The van der Waals surface area contributed by atoms with Crippen molar-refractivity contribution in [2.45, 2.75) is 6.18 Å². The summed E-state index contributed by atoms with van der Waals surface area (Å²) in [6.07, 6.45) is -1.41. The third kappa shape index (κ3) is 4.97. The maximum Gasteiger partial charge on any atom is 0.416 e. The lowest BCUT2D eigenvalue weighted by atomic mass is 9.90. The second kappa shape index (κ2) is 8.84. The molecule has 9 heteroatoms. The molecule has 0 aliphatic heterocycles. The molecular formula is C23H15ClF3NO4. The number of aromatic nitrogens is 1. The SMILES string of the molecule is Cn1cc(-c2ccc(C(F)(F)F)cc2C(=O)c2ccc(Cl)cc2)c(C=CC(=O)O)cc1=O. The Balaban J connectivity index is 2.30. The minimum Gasteiger partial charge on any atom is -0.478 e. The molecule has 5 nitrogen and oxygen atoms in total. The second-order valence-electron chi connectivity index (χ2n) is 6.86. The molecule has 3 rings (SSSR count). The third-order valence-corrected chi connectivity index (χ3v) is 4.91. The van der Waals surface area contributed by atoms with Gasteiger partial charge in [0, 0.05) is 47.1 Å². The van der Waals surface area contributed by atoms with Gasteiger partial charge in [-0.2, -0.15) is 13.2 Å². The molecule has 0 saturated carbocycles. The standard InChI is InChI=1S/C23H15ClF3NO4/c1-28-12-19(14(10-20(28)29)4-9-21(30)31)17-8-5-15(23(25,26)27)11-18(17)22(32)13-2-6-16(24)7-3-13/h2-12H,1H3,(H,30,31). The number of carbonyl (C=O) groups is 2. The van der Waals surface area contributed by atoms with Crippen molar-refractivity contribution in [2.24, 2.45) is 7.05 Å². The van der Waals surface area contributed by atoms with Crippen LogP contribution >= 0.6 is 11.6 Å². The average Bonchev–Trinajstić information content (AvgIpc) is 2.73. The summed E-state index contributed by atoms with van der Waals surface area (Å²) in [5, 5.41) is 9.29. The molecule has 0 fully saturated rings. The van der Waals surface area contributed by atoms with E-state index in [1.165, 1.54) is 42.1 Å². The highest BCUT2D eigenvalue weighted by Crippen LogP contribution is 2.35. The zero-order valence-corrected chi connectivity index (χ0v) is 17.2. The number of aliphatic carboxylic acids is 1. The van der Waals surface area contributed by atoms with Gasteiger partial charge in [0.05, 0.1) is 5.56 Å². The van der Waals surface area contributed by atoms with Crippen LogP contribution in [0.25, 0.3) is 17.2 Å². The molecule has 0 bridgehead atoms. The van der Waals surface area contributed by atoms with Crippen molar-refractivity contribution in [3.05, 3.63) is 98.4 Å². The number of hydrogen-bond donors (Lipinski definition) is 1. The summed E-state index contributed by atoms with van der Waals surface area (Å²) in [6, 6.07) is 9.49. The number of aryl methyl sites for hydroxylation is 1. The summed E-state index contributed by atoms with van der Waals surface area (Å²) >= 11 is 5.84. The molecule has 0 saturated heterocycles. The highest BCUT2D eigenvalue weighted by atomic mass is 35.5. The Morgan fingerprint density at radius 2 is 1.69 bits per heavy atom. The van der Waals surface area contributed by atoms with E-state index < -0.39 is 29.1 Å². The average molecular weight is 462 g/mol. The monoisotopic (exact) mass is 461 g/mol. The minimum absolute atomic E-state index is 0.110. The van der Waals surface area contributed by atoms with E-state index in [0.29, 0.717) is 5.02 Å². The van der Waals surface area contributed by atoms with E-state index in [9.17, 15) is 27.6 Å². The number of carboxylic acids is 1. The molecule has 1 N–H and O–H groups in total. The van der Waals surface area contributed by atoms with Gasteiger partial charge in [-0.25, -0.2) is 4.79 Å². The Morgan fingerprint density at radius 1 is 1.03 bits per heavy atom. The Morgan fingerprint density at radius 3 is 2.28 bits per heavy atom. The van der Waals surface area contributed by atoms with Crippen LogP contribution in [0.4, 0.5) is 13.2 Å². The molecule has 1 aromatic heterocycles. The smallest absolute Gasteiger partial charge is 0.416 e. The van der Waals surface area contributed by atoms with Crippen LogP contribution in [0.3, 0.4) is 0 Å². The normalized spacial score (nSPS) is 11.7. The fraction of sp³-hybridized carbons (Fsp3) is 0.0870. The summed E-state index contributed by atoms with van der Waals surface area (Å²) < 4.78 is 41.3. The molecule has 3 aromatic rings. The maximum atomic E-state index is 13.4. The summed E-state index contributed by atoms with van der Waals surface area (Å²) in [6.45, 7) is 0. The molecular weight excluding hydrogens is 447 g/mol. The van der Waals surface area contributed by atoms with Gasteiger partial charge in [0.2, 0.25) is 0 Å². The van der Waals surface area contributed by atoms with E-state index in [0.717, 1.165) is 36.4 Å². The third-order valence-electron chi connectivity index (χ3n) is 4.65. The minimum atomic E-state index is -4.69. The van der Waals surface area contributed by atoms with Crippen molar-refractivity contribution < 1.29 is 27.9 Å². The largest absolute Gasteiger partial charge is 0.478 e. The van der Waals surface area contributed by atoms with Gasteiger partial charge in [-0.15, -0.1) is 0 Å². The highest BCUT2D eigenvalue weighted by Gasteiger charge is 2.32. The van der Waals surface area contributed by atoms with E-state index in [1.807, 2.05) is 0 Å². The molecule has 0 radical (unpaired) electrons. The van der Waals surface area contributed by atoms with Gasteiger partial charge in [-0.1, -0.05) is 17.7 Å². The molecule has 164 valence electrons. The van der Waals surface area contributed by atoms with Crippen molar-refractivity contribution in [3.8, 4) is 11.1 Å². The van der Waals surface area contributed by atoms with Crippen molar-refractivity contribution in [1.29, 1.82) is 0 Å². The zero-order chi connectivity index (χ0) is 23.6. The van der Waals surface area contributed by atoms with Crippen molar-refractivity contribution in [3.63, 3.8) is 0 Å². The fourth-order valence-electron chi connectivity index (χ4n) is 3.07. The van der Waals surface area contributed by atoms with Gasteiger partial charge in [-0.3, -0.25) is 9.59 Å². The van der Waals surface area contributed by atoms with Crippen LogP contribution in [0.1, 0.15) is 27.0 Å². The van der Waals surface area contributed by atoms with Crippen LogP contribution < -0.4 is 5.56 Å². The molecule has 32 heavy (non-hydrogen) atoms. The van der Waals surface area contributed by atoms with Crippen LogP contribution in [0, 0.1) is 0 Å². The van der Waals surface area contributed by atoms with Gasteiger partial charge >= 0.3 is 12.1 Å². The van der Waals surface area contributed by atoms with E-state index in [2.05, 4.69) is 0 Å².